The van der Waals surface area contributed by atoms with Crippen LogP contribution < -0.4 is 4.72 Å². The number of thiazole rings is 1. The van der Waals surface area contributed by atoms with E-state index in [1.807, 2.05) is 0 Å². The highest BCUT2D eigenvalue weighted by Gasteiger charge is 2.23. The van der Waals surface area contributed by atoms with Gasteiger partial charge in [0.2, 0.25) is 10.0 Å². The van der Waals surface area contributed by atoms with E-state index < -0.39 is 10.0 Å². The minimum absolute atomic E-state index is 0.458. The molecule has 1 aromatic heterocycles. The van der Waals surface area contributed by atoms with Gasteiger partial charge in [0.25, 0.3) is 0 Å². The van der Waals surface area contributed by atoms with Crippen LogP contribution in [0.4, 0.5) is 0 Å². The Hall–Kier alpha value is -0.500. The zero-order valence-corrected chi connectivity index (χ0v) is 14.5. The average Bonchev–Trinajstić information content (AvgIpc) is 2.87. The molecule has 0 radical (unpaired) electrons. The molecule has 21 heavy (non-hydrogen) atoms. The van der Waals surface area contributed by atoms with Gasteiger partial charge in [-0.2, -0.15) is 0 Å². The molecule has 1 unspecified atom stereocenters. The van der Waals surface area contributed by atoms with Crippen LogP contribution in [-0.2, 0) is 23.0 Å². The minimum atomic E-state index is -3.08. The first-order valence-electron chi connectivity index (χ1n) is 7.60. The standard InChI is InChI=1S/C14H25N3O2S2/c1-3-14-16-12(11-20-14)10-17-9-5-4-6-13(17)7-8-15-21(2,18)19/h11,13,15H,3-10H2,1-2H3. The number of likely N-dealkylation sites (tertiary alicyclic amines) is 1. The Labute approximate surface area is 131 Å². The number of hydrogen-bond acceptors (Lipinski definition) is 5. The largest absolute Gasteiger partial charge is 0.294 e. The summed E-state index contributed by atoms with van der Waals surface area (Å²) in [5.41, 5.74) is 1.15. The molecule has 1 aromatic rings. The van der Waals surface area contributed by atoms with Crippen molar-refractivity contribution in [1.82, 2.24) is 14.6 Å². The lowest BCUT2D eigenvalue weighted by Crippen LogP contribution is -2.41. The number of aryl methyl sites for hydroxylation is 1. The molecular formula is C14H25N3O2S2. The van der Waals surface area contributed by atoms with E-state index in [9.17, 15) is 8.42 Å². The molecule has 0 bridgehead atoms. The van der Waals surface area contributed by atoms with Gasteiger partial charge in [-0.1, -0.05) is 13.3 Å². The van der Waals surface area contributed by atoms with Crippen LogP contribution in [0.15, 0.2) is 5.38 Å². The van der Waals surface area contributed by atoms with Gasteiger partial charge in [-0.3, -0.25) is 4.90 Å². The third-order valence-electron chi connectivity index (χ3n) is 3.86. The second-order valence-electron chi connectivity index (χ2n) is 5.66. The van der Waals surface area contributed by atoms with Gasteiger partial charge in [-0.05, 0) is 32.2 Å². The molecule has 1 aliphatic heterocycles. The molecule has 0 aliphatic carbocycles. The van der Waals surface area contributed by atoms with Gasteiger partial charge >= 0.3 is 0 Å². The van der Waals surface area contributed by atoms with Crippen LogP contribution in [0.2, 0.25) is 0 Å². The third-order valence-corrected chi connectivity index (χ3v) is 5.63. The Morgan fingerprint density at radius 1 is 1.48 bits per heavy atom. The van der Waals surface area contributed by atoms with Gasteiger partial charge in [-0.15, -0.1) is 11.3 Å². The predicted octanol–water partition coefficient (Wildman–Crippen LogP) is 2.00. The van der Waals surface area contributed by atoms with Gasteiger partial charge in [0, 0.05) is 24.5 Å². The first kappa shape index (κ1) is 16.9. The van der Waals surface area contributed by atoms with E-state index in [1.165, 1.54) is 24.1 Å². The van der Waals surface area contributed by atoms with E-state index in [2.05, 4.69) is 26.9 Å². The summed E-state index contributed by atoms with van der Waals surface area (Å²) in [7, 11) is -3.08. The van der Waals surface area contributed by atoms with Crippen LogP contribution in [0.25, 0.3) is 0 Å². The first-order chi connectivity index (χ1) is 9.98. The number of sulfonamides is 1. The maximum absolute atomic E-state index is 11.1. The Morgan fingerprint density at radius 3 is 2.95 bits per heavy atom. The van der Waals surface area contributed by atoms with Crippen LogP contribution in [-0.4, -0.2) is 43.7 Å². The Morgan fingerprint density at radius 2 is 2.29 bits per heavy atom. The average molecular weight is 332 g/mol. The van der Waals surface area contributed by atoms with Crippen LogP contribution in [0, 0.1) is 0 Å². The molecule has 7 heteroatoms. The summed E-state index contributed by atoms with van der Waals surface area (Å²) in [5.74, 6) is 0. The van der Waals surface area contributed by atoms with Crippen LogP contribution in [0.1, 0.15) is 43.3 Å². The topological polar surface area (TPSA) is 62.3 Å². The molecule has 0 spiro atoms. The van der Waals surface area contributed by atoms with E-state index in [0.29, 0.717) is 12.6 Å². The first-order valence-corrected chi connectivity index (χ1v) is 10.4. The maximum Gasteiger partial charge on any atom is 0.208 e. The lowest BCUT2D eigenvalue weighted by Gasteiger charge is -2.35. The highest BCUT2D eigenvalue weighted by atomic mass is 32.2. The fourth-order valence-electron chi connectivity index (χ4n) is 2.80. The number of rotatable bonds is 7. The molecule has 5 nitrogen and oxygen atoms in total. The van der Waals surface area contributed by atoms with Crippen molar-refractivity contribution in [1.29, 1.82) is 0 Å². The van der Waals surface area contributed by atoms with Gasteiger partial charge in [0.15, 0.2) is 0 Å². The zero-order chi connectivity index (χ0) is 15.3. The van der Waals surface area contributed by atoms with E-state index >= 15 is 0 Å². The summed E-state index contributed by atoms with van der Waals surface area (Å²) in [6.45, 7) is 4.63. The lowest BCUT2D eigenvalue weighted by molar-refractivity contribution is 0.132. The van der Waals surface area contributed by atoms with Crippen molar-refractivity contribution >= 4 is 21.4 Å². The summed E-state index contributed by atoms with van der Waals surface area (Å²) in [4.78, 5) is 7.10. The van der Waals surface area contributed by atoms with Crippen LogP contribution in [0.3, 0.4) is 0 Å². The van der Waals surface area contributed by atoms with Crippen molar-refractivity contribution in [2.75, 3.05) is 19.3 Å². The quantitative estimate of drug-likeness (QED) is 0.830. The highest BCUT2D eigenvalue weighted by molar-refractivity contribution is 7.88. The molecule has 2 heterocycles. The number of aromatic nitrogens is 1. The van der Waals surface area contributed by atoms with Crippen molar-refractivity contribution in [2.24, 2.45) is 0 Å². The van der Waals surface area contributed by atoms with E-state index in [1.54, 1.807) is 11.3 Å². The summed E-state index contributed by atoms with van der Waals surface area (Å²) in [6.07, 6.45) is 6.69. The summed E-state index contributed by atoms with van der Waals surface area (Å²) < 4.78 is 24.9. The maximum atomic E-state index is 11.1. The molecule has 2 rings (SSSR count). The van der Waals surface area contributed by atoms with E-state index in [4.69, 9.17) is 0 Å². The van der Waals surface area contributed by atoms with Crippen LogP contribution >= 0.6 is 11.3 Å². The SMILES string of the molecule is CCc1nc(CN2CCCCC2CCNS(C)(=O)=O)cs1. The zero-order valence-electron chi connectivity index (χ0n) is 12.8. The van der Waals surface area contributed by atoms with Crippen molar-refractivity contribution < 1.29 is 8.42 Å². The van der Waals surface area contributed by atoms with Crippen molar-refractivity contribution in [3.05, 3.63) is 16.1 Å². The molecule has 1 atom stereocenters. The summed E-state index contributed by atoms with van der Waals surface area (Å²) in [5, 5.41) is 3.34. The summed E-state index contributed by atoms with van der Waals surface area (Å²) in [6, 6.07) is 0.458. The Bertz CT molecular complexity index is 542. The second-order valence-corrected chi connectivity index (χ2v) is 8.44. The Balaban J connectivity index is 1.89. The van der Waals surface area contributed by atoms with Gasteiger partial charge in [0.1, 0.15) is 0 Å². The van der Waals surface area contributed by atoms with Gasteiger partial charge in [0.05, 0.1) is 17.0 Å². The number of nitrogens with one attached hydrogen (secondary N) is 1. The van der Waals surface area contributed by atoms with Gasteiger partial charge < -0.3 is 0 Å². The highest BCUT2D eigenvalue weighted by Crippen LogP contribution is 2.22. The monoisotopic (exact) mass is 331 g/mol. The summed E-state index contributed by atoms with van der Waals surface area (Å²) >= 11 is 1.73. The number of nitrogens with zero attached hydrogens (tertiary/aromatic N) is 2. The van der Waals surface area contributed by atoms with Gasteiger partial charge in [-0.25, -0.2) is 18.1 Å². The molecule has 120 valence electrons. The molecule has 1 fully saturated rings. The fraction of sp³-hybridized carbons (Fsp3) is 0.786. The van der Waals surface area contributed by atoms with E-state index in [-0.39, 0.29) is 0 Å². The minimum Gasteiger partial charge on any atom is -0.294 e. The molecule has 1 saturated heterocycles. The van der Waals surface area contributed by atoms with Crippen molar-refractivity contribution in [3.63, 3.8) is 0 Å². The number of piperidine rings is 1. The van der Waals surface area contributed by atoms with Crippen LogP contribution in [0.5, 0.6) is 0 Å². The predicted molar refractivity (Wildman–Crippen MR) is 87.0 cm³/mol. The number of hydrogen-bond donors (Lipinski definition) is 1. The molecule has 0 saturated carbocycles. The molecular weight excluding hydrogens is 306 g/mol. The lowest BCUT2D eigenvalue weighted by atomic mass is 9.99. The molecule has 1 aliphatic rings. The molecule has 0 amide bonds. The smallest absolute Gasteiger partial charge is 0.208 e. The normalized spacial score (nSPS) is 20.8. The van der Waals surface area contributed by atoms with Crippen molar-refractivity contribution in [3.8, 4) is 0 Å². The third kappa shape index (κ3) is 5.65. The Kier molecular flexibility index (Phi) is 6.16. The fourth-order valence-corrected chi connectivity index (χ4v) is 4.02. The van der Waals surface area contributed by atoms with Crippen molar-refractivity contribution in [2.45, 2.75) is 51.6 Å². The second kappa shape index (κ2) is 7.67. The molecule has 1 N–H and O–H groups in total. The van der Waals surface area contributed by atoms with E-state index in [0.717, 1.165) is 38.0 Å². The molecule has 0 aromatic carbocycles.